The zero-order valence-corrected chi connectivity index (χ0v) is 9.84. The first-order valence-electron chi connectivity index (χ1n) is 6.05. The van der Waals surface area contributed by atoms with Crippen molar-refractivity contribution in [3.05, 3.63) is 24.0 Å². The molecule has 0 amide bonds. The van der Waals surface area contributed by atoms with E-state index in [1.54, 1.807) is 0 Å². The fourth-order valence-electron chi connectivity index (χ4n) is 2.59. The van der Waals surface area contributed by atoms with Gasteiger partial charge in [0.25, 0.3) is 0 Å². The minimum Gasteiger partial charge on any atom is -0.367 e. The van der Waals surface area contributed by atoms with Gasteiger partial charge in [-0.15, -0.1) is 0 Å². The van der Waals surface area contributed by atoms with Crippen LogP contribution in [-0.2, 0) is 6.54 Å². The molecule has 0 unspecified atom stereocenters. The highest BCUT2D eigenvalue weighted by Gasteiger charge is 2.30. The van der Waals surface area contributed by atoms with Gasteiger partial charge < -0.3 is 10.3 Å². The molecular weight excluding hydrogens is 184 g/mol. The van der Waals surface area contributed by atoms with E-state index in [0.717, 1.165) is 12.5 Å². The van der Waals surface area contributed by atoms with Gasteiger partial charge in [-0.3, -0.25) is 0 Å². The Balaban J connectivity index is 1.86. The van der Waals surface area contributed by atoms with Gasteiger partial charge in [0, 0.05) is 24.5 Å². The average Bonchev–Trinajstić information content (AvgIpc) is 2.88. The summed E-state index contributed by atoms with van der Waals surface area (Å²) in [4.78, 5) is 3.10. The van der Waals surface area contributed by atoms with Crippen LogP contribution >= 0.6 is 0 Å². The van der Waals surface area contributed by atoms with Gasteiger partial charge in [0.05, 0.1) is 0 Å². The monoisotopic (exact) mass is 206 g/mol. The summed E-state index contributed by atoms with van der Waals surface area (Å²) < 4.78 is 0. The fraction of sp³-hybridized carbons (Fsp3) is 0.692. The second-order valence-electron chi connectivity index (χ2n) is 5.28. The standard InChI is InChI=1S/C13H22N2/c1-13(2,12-5-3-4-6-12)15-10-11-7-8-14-9-11/h7-9,12,14-15H,3-6,10H2,1-2H3. The molecule has 1 aromatic heterocycles. The Morgan fingerprint density at radius 3 is 2.73 bits per heavy atom. The second kappa shape index (κ2) is 4.40. The smallest absolute Gasteiger partial charge is 0.0225 e. The molecule has 2 rings (SSSR count). The zero-order chi connectivity index (χ0) is 10.7. The van der Waals surface area contributed by atoms with Crippen molar-refractivity contribution in [3.63, 3.8) is 0 Å². The molecule has 2 nitrogen and oxygen atoms in total. The zero-order valence-electron chi connectivity index (χ0n) is 9.84. The van der Waals surface area contributed by atoms with Crippen LogP contribution in [-0.4, -0.2) is 10.5 Å². The number of aromatic nitrogens is 1. The predicted molar refractivity (Wildman–Crippen MR) is 63.7 cm³/mol. The number of hydrogen-bond donors (Lipinski definition) is 2. The summed E-state index contributed by atoms with van der Waals surface area (Å²) in [5, 5.41) is 3.68. The number of H-pyrrole nitrogens is 1. The molecule has 0 saturated heterocycles. The van der Waals surface area contributed by atoms with E-state index >= 15 is 0 Å². The van der Waals surface area contributed by atoms with Crippen LogP contribution in [0.5, 0.6) is 0 Å². The van der Waals surface area contributed by atoms with Crippen molar-refractivity contribution in [1.82, 2.24) is 10.3 Å². The van der Waals surface area contributed by atoms with Gasteiger partial charge in [0.15, 0.2) is 0 Å². The van der Waals surface area contributed by atoms with Crippen LogP contribution in [0, 0.1) is 5.92 Å². The SMILES string of the molecule is CC(C)(NCc1cc[nH]c1)C1CCCC1. The molecule has 1 saturated carbocycles. The molecule has 2 heteroatoms. The lowest BCUT2D eigenvalue weighted by molar-refractivity contribution is 0.254. The molecule has 0 spiro atoms. The van der Waals surface area contributed by atoms with Crippen LogP contribution in [0.15, 0.2) is 18.5 Å². The summed E-state index contributed by atoms with van der Waals surface area (Å²) in [7, 11) is 0. The largest absolute Gasteiger partial charge is 0.367 e. The second-order valence-corrected chi connectivity index (χ2v) is 5.28. The molecule has 1 fully saturated rings. The molecule has 0 radical (unpaired) electrons. The van der Waals surface area contributed by atoms with E-state index in [0.29, 0.717) is 0 Å². The summed E-state index contributed by atoms with van der Waals surface area (Å²) in [5.41, 5.74) is 1.63. The third kappa shape index (κ3) is 2.63. The Morgan fingerprint density at radius 2 is 2.13 bits per heavy atom. The first kappa shape index (κ1) is 10.7. The number of nitrogens with one attached hydrogen (secondary N) is 2. The Morgan fingerprint density at radius 1 is 1.40 bits per heavy atom. The number of aromatic amines is 1. The summed E-state index contributed by atoms with van der Waals surface area (Å²) in [6.45, 7) is 5.66. The normalized spacial score (nSPS) is 18.5. The van der Waals surface area contributed by atoms with Crippen LogP contribution in [0.25, 0.3) is 0 Å². The molecule has 0 aliphatic heterocycles. The maximum Gasteiger partial charge on any atom is 0.0225 e. The van der Waals surface area contributed by atoms with Gasteiger partial charge in [-0.05, 0) is 44.2 Å². The highest BCUT2D eigenvalue weighted by atomic mass is 15.0. The summed E-state index contributed by atoms with van der Waals surface area (Å²) in [5.74, 6) is 0.858. The van der Waals surface area contributed by atoms with E-state index in [1.165, 1.54) is 31.2 Å². The van der Waals surface area contributed by atoms with Gasteiger partial charge in [0.2, 0.25) is 0 Å². The van der Waals surface area contributed by atoms with Gasteiger partial charge in [-0.25, -0.2) is 0 Å². The van der Waals surface area contributed by atoms with Crippen molar-refractivity contribution in [2.75, 3.05) is 0 Å². The Labute approximate surface area is 92.5 Å². The van der Waals surface area contributed by atoms with Gasteiger partial charge >= 0.3 is 0 Å². The lowest BCUT2D eigenvalue weighted by Gasteiger charge is -2.33. The van der Waals surface area contributed by atoms with E-state index in [4.69, 9.17) is 0 Å². The summed E-state index contributed by atoms with van der Waals surface area (Å²) in [6.07, 6.45) is 9.68. The van der Waals surface area contributed by atoms with Crippen molar-refractivity contribution in [2.24, 2.45) is 5.92 Å². The lowest BCUT2D eigenvalue weighted by Crippen LogP contribution is -2.44. The Hall–Kier alpha value is -0.760. The van der Waals surface area contributed by atoms with Gasteiger partial charge in [-0.1, -0.05) is 12.8 Å². The first-order valence-corrected chi connectivity index (χ1v) is 6.05. The molecule has 2 N–H and O–H groups in total. The number of hydrogen-bond acceptors (Lipinski definition) is 1. The minimum atomic E-state index is 0.285. The molecule has 0 bridgehead atoms. The van der Waals surface area contributed by atoms with Gasteiger partial charge in [0.1, 0.15) is 0 Å². The number of rotatable bonds is 4. The van der Waals surface area contributed by atoms with Crippen molar-refractivity contribution in [2.45, 2.75) is 51.6 Å². The van der Waals surface area contributed by atoms with Crippen LogP contribution in [0.2, 0.25) is 0 Å². The minimum absolute atomic E-state index is 0.285. The topological polar surface area (TPSA) is 27.8 Å². The van der Waals surface area contributed by atoms with Crippen LogP contribution in [0.3, 0.4) is 0 Å². The van der Waals surface area contributed by atoms with E-state index in [2.05, 4.69) is 36.4 Å². The van der Waals surface area contributed by atoms with Crippen molar-refractivity contribution >= 4 is 0 Å². The van der Waals surface area contributed by atoms with Crippen LogP contribution in [0.1, 0.15) is 45.1 Å². The molecule has 15 heavy (non-hydrogen) atoms. The molecule has 84 valence electrons. The molecule has 0 atom stereocenters. The predicted octanol–water partition coefficient (Wildman–Crippen LogP) is 3.07. The van der Waals surface area contributed by atoms with Gasteiger partial charge in [-0.2, -0.15) is 0 Å². The first-order chi connectivity index (χ1) is 7.18. The Kier molecular flexibility index (Phi) is 3.15. The molecule has 0 aromatic carbocycles. The highest BCUT2D eigenvalue weighted by Crippen LogP contribution is 2.33. The van der Waals surface area contributed by atoms with E-state index in [-0.39, 0.29) is 5.54 Å². The van der Waals surface area contributed by atoms with Crippen LogP contribution < -0.4 is 5.32 Å². The molecule has 1 aliphatic rings. The van der Waals surface area contributed by atoms with Crippen molar-refractivity contribution < 1.29 is 0 Å². The summed E-state index contributed by atoms with van der Waals surface area (Å²) >= 11 is 0. The maximum atomic E-state index is 3.68. The van der Waals surface area contributed by atoms with Crippen LogP contribution in [0.4, 0.5) is 0 Å². The third-order valence-electron chi connectivity index (χ3n) is 3.79. The molecule has 1 aliphatic carbocycles. The third-order valence-corrected chi connectivity index (χ3v) is 3.79. The average molecular weight is 206 g/mol. The van der Waals surface area contributed by atoms with Crippen molar-refractivity contribution in [1.29, 1.82) is 0 Å². The summed E-state index contributed by atoms with van der Waals surface area (Å²) in [6, 6.07) is 2.14. The quantitative estimate of drug-likeness (QED) is 0.778. The lowest BCUT2D eigenvalue weighted by atomic mass is 9.86. The van der Waals surface area contributed by atoms with E-state index in [1.807, 2.05) is 6.20 Å². The van der Waals surface area contributed by atoms with E-state index < -0.39 is 0 Å². The molecule has 1 aromatic rings. The molecule has 1 heterocycles. The Bertz CT molecular complexity index is 281. The maximum absolute atomic E-state index is 3.68. The fourth-order valence-corrected chi connectivity index (χ4v) is 2.59. The molecular formula is C13H22N2. The highest BCUT2D eigenvalue weighted by molar-refractivity contribution is 5.08. The van der Waals surface area contributed by atoms with Crippen molar-refractivity contribution in [3.8, 4) is 0 Å². The van der Waals surface area contributed by atoms with E-state index in [9.17, 15) is 0 Å².